The van der Waals surface area contributed by atoms with Crippen LogP contribution < -0.4 is 10.2 Å². The molecule has 158 valence electrons. The van der Waals surface area contributed by atoms with E-state index >= 15 is 0 Å². The van der Waals surface area contributed by atoms with Crippen LogP contribution in [0.15, 0.2) is 12.3 Å². The van der Waals surface area contributed by atoms with Gasteiger partial charge in [-0.2, -0.15) is 14.6 Å². The summed E-state index contributed by atoms with van der Waals surface area (Å²) in [7, 11) is 2.26. The van der Waals surface area contributed by atoms with Crippen molar-refractivity contribution in [1.29, 1.82) is 5.26 Å². The number of rotatable bonds is 5. The number of aryl methyl sites for hydroxylation is 2. The van der Waals surface area contributed by atoms with Gasteiger partial charge in [-0.1, -0.05) is 0 Å². The molecular formula is C21H28N8S. The zero-order chi connectivity index (χ0) is 20.9. The number of hydrogen-bond donors (Lipinski definition) is 1. The Bertz CT molecular complexity index is 962. The first-order valence-electron chi connectivity index (χ1n) is 10.6. The fraction of sp³-hybridized carbons (Fsp3) is 0.619. The summed E-state index contributed by atoms with van der Waals surface area (Å²) in [5, 5.41) is 13.8. The summed E-state index contributed by atoms with van der Waals surface area (Å²) < 4.78 is 4.30. The number of likely N-dealkylation sites (N-methyl/N-ethyl adjacent to an activating group) is 1. The lowest BCUT2D eigenvalue weighted by atomic mass is 9.83. The molecule has 0 aromatic carbocycles. The number of nitrogens with zero attached hydrogens (tertiary/aromatic N) is 7. The minimum absolute atomic E-state index is 0.0589. The Labute approximate surface area is 181 Å². The highest BCUT2D eigenvalue weighted by Gasteiger charge is 2.52. The van der Waals surface area contributed by atoms with E-state index < -0.39 is 0 Å². The molecule has 9 heteroatoms. The molecule has 2 aromatic rings. The highest BCUT2D eigenvalue weighted by Crippen LogP contribution is 2.40. The maximum Gasteiger partial charge on any atom is 0.229 e. The van der Waals surface area contributed by atoms with E-state index in [0.29, 0.717) is 24.5 Å². The monoisotopic (exact) mass is 424 g/mol. The van der Waals surface area contributed by atoms with E-state index in [2.05, 4.69) is 49.4 Å². The quantitative estimate of drug-likeness (QED) is 0.784. The molecule has 3 fully saturated rings. The molecule has 3 aliphatic heterocycles. The van der Waals surface area contributed by atoms with Gasteiger partial charge in [0.15, 0.2) is 0 Å². The maximum atomic E-state index is 9.57. The zero-order valence-electron chi connectivity index (χ0n) is 17.8. The number of piperazine rings is 1. The van der Waals surface area contributed by atoms with Crippen LogP contribution in [0.1, 0.15) is 30.5 Å². The van der Waals surface area contributed by atoms with Gasteiger partial charge in [0.05, 0.1) is 23.7 Å². The van der Waals surface area contributed by atoms with Gasteiger partial charge in [0.2, 0.25) is 5.95 Å². The van der Waals surface area contributed by atoms with Crippen molar-refractivity contribution in [3.63, 3.8) is 0 Å². The summed E-state index contributed by atoms with van der Waals surface area (Å²) >= 11 is 1.41. The molecule has 3 saturated heterocycles. The summed E-state index contributed by atoms with van der Waals surface area (Å²) in [6.45, 7) is 7.87. The molecule has 0 aliphatic carbocycles. The van der Waals surface area contributed by atoms with Gasteiger partial charge in [-0.05, 0) is 51.3 Å². The Hall–Kier alpha value is -2.28. The third-order valence-corrected chi connectivity index (χ3v) is 7.80. The van der Waals surface area contributed by atoms with E-state index in [9.17, 15) is 5.26 Å². The number of likely N-dealkylation sites (tertiary alicyclic amines) is 1. The SMILES string of the molecule is Cc1cc(Nc2ncc(C)c(N3CC(CC#N)(N4CC5CCC(C4)N5C)C3)n2)sn1. The topological polar surface area (TPSA) is 84.2 Å². The highest BCUT2D eigenvalue weighted by atomic mass is 32.1. The molecule has 2 unspecified atom stereocenters. The number of fused-ring (bicyclic) bond motifs is 2. The van der Waals surface area contributed by atoms with Crippen molar-refractivity contribution in [2.24, 2.45) is 0 Å². The number of nitriles is 1. The second-order valence-electron chi connectivity index (χ2n) is 9.03. The second kappa shape index (κ2) is 7.45. The number of nitrogens with one attached hydrogen (secondary N) is 1. The van der Waals surface area contributed by atoms with Crippen molar-refractivity contribution in [3.8, 4) is 6.07 Å². The van der Waals surface area contributed by atoms with Crippen LogP contribution >= 0.6 is 11.5 Å². The van der Waals surface area contributed by atoms with Crippen molar-refractivity contribution in [2.45, 2.75) is 50.7 Å². The first-order valence-corrected chi connectivity index (χ1v) is 11.4. The second-order valence-corrected chi connectivity index (χ2v) is 9.83. The summed E-state index contributed by atoms with van der Waals surface area (Å²) in [4.78, 5) is 16.7. The summed E-state index contributed by atoms with van der Waals surface area (Å²) in [5.41, 5.74) is 1.99. The molecular weight excluding hydrogens is 396 g/mol. The molecule has 5 heterocycles. The van der Waals surface area contributed by atoms with Crippen molar-refractivity contribution in [3.05, 3.63) is 23.5 Å². The van der Waals surface area contributed by atoms with Crippen molar-refractivity contribution < 1.29 is 0 Å². The van der Waals surface area contributed by atoms with Gasteiger partial charge < -0.3 is 10.2 Å². The molecule has 2 bridgehead atoms. The van der Waals surface area contributed by atoms with Crippen LogP contribution in [-0.2, 0) is 0 Å². The van der Waals surface area contributed by atoms with Gasteiger partial charge in [-0.15, -0.1) is 0 Å². The molecule has 30 heavy (non-hydrogen) atoms. The summed E-state index contributed by atoms with van der Waals surface area (Å²) in [6.07, 6.45) is 5.00. The van der Waals surface area contributed by atoms with E-state index in [1.165, 1.54) is 24.4 Å². The van der Waals surface area contributed by atoms with Gasteiger partial charge in [-0.3, -0.25) is 9.80 Å². The molecule has 5 rings (SSSR count). The summed E-state index contributed by atoms with van der Waals surface area (Å²) in [5.74, 6) is 1.55. The van der Waals surface area contributed by atoms with Gasteiger partial charge in [-0.25, -0.2) is 4.98 Å². The molecule has 3 aliphatic rings. The van der Waals surface area contributed by atoms with Crippen LogP contribution in [0.3, 0.4) is 0 Å². The predicted molar refractivity (Wildman–Crippen MR) is 118 cm³/mol. The zero-order valence-corrected chi connectivity index (χ0v) is 18.6. The molecule has 1 N–H and O–H groups in total. The molecule has 0 amide bonds. The Morgan fingerprint density at radius 2 is 2.00 bits per heavy atom. The van der Waals surface area contributed by atoms with Crippen LogP contribution in [-0.4, -0.2) is 75.0 Å². The maximum absolute atomic E-state index is 9.57. The third-order valence-electron chi connectivity index (χ3n) is 7.00. The van der Waals surface area contributed by atoms with Crippen LogP contribution in [0, 0.1) is 25.2 Å². The van der Waals surface area contributed by atoms with Crippen molar-refractivity contribution in [1.82, 2.24) is 24.1 Å². The Morgan fingerprint density at radius 1 is 1.27 bits per heavy atom. The van der Waals surface area contributed by atoms with E-state index in [1.54, 1.807) is 0 Å². The fourth-order valence-electron chi connectivity index (χ4n) is 5.23. The van der Waals surface area contributed by atoms with Crippen LogP contribution in [0.5, 0.6) is 0 Å². The Balaban J connectivity index is 1.33. The minimum Gasteiger partial charge on any atom is -0.352 e. The normalized spacial score (nSPS) is 25.7. The average Bonchev–Trinajstić information content (AvgIpc) is 3.16. The number of aromatic nitrogens is 3. The molecule has 0 spiro atoms. The van der Waals surface area contributed by atoms with Crippen molar-refractivity contribution >= 4 is 28.3 Å². The molecule has 0 radical (unpaired) electrons. The van der Waals surface area contributed by atoms with E-state index in [4.69, 9.17) is 4.98 Å². The summed E-state index contributed by atoms with van der Waals surface area (Å²) in [6, 6.07) is 5.73. The predicted octanol–water partition coefficient (Wildman–Crippen LogP) is 2.54. The molecule has 8 nitrogen and oxygen atoms in total. The highest BCUT2D eigenvalue weighted by molar-refractivity contribution is 7.10. The van der Waals surface area contributed by atoms with Crippen LogP contribution in [0.2, 0.25) is 0 Å². The third kappa shape index (κ3) is 3.33. The smallest absolute Gasteiger partial charge is 0.229 e. The van der Waals surface area contributed by atoms with Gasteiger partial charge in [0.1, 0.15) is 10.8 Å². The van der Waals surface area contributed by atoms with Gasteiger partial charge >= 0.3 is 0 Å². The number of anilines is 3. The fourth-order valence-corrected chi connectivity index (χ4v) is 5.89. The molecule has 2 atom stereocenters. The first-order chi connectivity index (χ1) is 14.5. The van der Waals surface area contributed by atoms with Gasteiger partial charge in [0, 0.05) is 50.0 Å². The largest absolute Gasteiger partial charge is 0.352 e. The standard InChI is InChI=1S/C21H28N8S/c1-14-9-23-20(24-18-8-15(2)26-30-18)25-19(14)28-12-21(13-28,6-7-22)29-10-16-4-5-17(11-29)27(16)3/h8-9,16-17H,4-6,10-13H2,1-3H3,(H,23,24,25). The Morgan fingerprint density at radius 3 is 2.63 bits per heavy atom. The lowest BCUT2D eigenvalue weighted by Gasteiger charge is -2.58. The van der Waals surface area contributed by atoms with E-state index in [0.717, 1.165) is 48.3 Å². The van der Waals surface area contributed by atoms with Gasteiger partial charge in [0.25, 0.3) is 0 Å². The minimum atomic E-state index is -0.0589. The molecule has 0 saturated carbocycles. The first kappa shape index (κ1) is 19.7. The van der Waals surface area contributed by atoms with Crippen LogP contribution in [0.4, 0.5) is 16.8 Å². The molecule has 2 aromatic heterocycles. The van der Waals surface area contributed by atoms with Crippen molar-refractivity contribution in [2.75, 3.05) is 43.4 Å². The Kier molecular flexibility index (Phi) is 4.88. The number of hydrogen-bond acceptors (Lipinski definition) is 9. The van der Waals surface area contributed by atoms with E-state index in [-0.39, 0.29) is 5.54 Å². The lowest BCUT2D eigenvalue weighted by molar-refractivity contribution is -0.00953. The average molecular weight is 425 g/mol. The van der Waals surface area contributed by atoms with E-state index in [1.807, 2.05) is 19.2 Å². The lowest BCUT2D eigenvalue weighted by Crippen LogP contribution is -2.74. The van der Waals surface area contributed by atoms with Crippen LogP contribution in [0.25, 0.3) is 0 Å².